The van der Waals surface area contributed by atoms with Gasteiger partial charge in [0.2, 0.25) is 5.91 Å². The van der Waals surface area contributed by atoms with Gasteiger partial charge < -0.3 is 4.90 Å². The normalized spacial score (nSPS) is 17.7. The van der Waals surface area contributed by atoms with E-state index in [1.54, 1.807) is 24.5 Å². The summed E-state index contributed by atoms with van der Waals surface area (Å²) < 4.78 is 13.2. The van der Waals surface area contributed by atoms with Gasteiger partial charge in [-0.15, -0.1) is 0 Å². The lowest BCUT2D eigenvalue weighted by Crippen LogP contribution is -2.43. The predicted octanol–water partition coefficient (Wildman–Crippen LogP) is 3.41. The van der Waals surface area contributed by atoms with Crippen LogP contribution in [-0.2, 0) is 11.3 Å². The van der Waals surface area contributed by atoms with Crippen LogP contribution in [0.25, 0.3) is 0 Å². The van der Waals surface area contributed by atoms with Crippen LogP contribution >= 0.6 is 0 Å². The Balaban J connectivity index is 1.65. The Kier molecular flexibility index (Phi) is 5.76. The van der Waals surface area contributed by atoms with Crippen molar-refractivity contribution in [3.8, 4) is 0 Å². The molecule has 132 valence electrons. The lowest BCUT2D eigenvalue weighted by molar-refractivity contribution is -0.136. The maximum absolute atomic E-state index is 13.2. The van der Waals surface area contributed by atoms with Crippen molar-refractivity contribution in [1.29, 1.82) is 0 Å². The molecule has 25 heavy (non-hydrogen) atoms. The maximum atomic E-state index is 13.2. The molecule has 1 saturated heterocycles. The molecule has 0 aliphatic carbocycles. The van der Waals surface area contributed by atoms with Crippen LogP contribution in [0, 0.1) is 5.82 Å². The van der Waals surface area contributed by atoms with Gasteiger partial charge in [0.1, 0.15) is 5.82 Å². The number of rotatable bonds is 5. The van der Waals surface area contributed by atoms with Gasteiger partial charge in [-0.05, 0) is 61.7 Å². The zero-order valence-electron chi connectivity index (χ0n) is 14.6. The highest BCUT2D eigenvalue weighted by atomic mass is 19.1. The summed E-state index contributed by atoms with van der Waals surface area (Å²) in [5.74, 6) is -0.111. The summed E-state index contributed by atoms with van der Waals surface area (Å²) in [7, 11) is 1.95. The summed E-state index contributed by atoms with van der Waals surface area (Å²) in [4.78, 5) is 20.8. The predicted molar refractivity (Wildman–Crippen MR) is 95.3 cm³/mol. The Morgan fingerprint density at radius 1 is 1.20 bits per heavy atom. The van der Waals surface area contributed by atoms with Crippen LogP contribution in [0.15, 0.2) is 48.8 Å². The summed E-state index contributed by atoms with van der Waals surface area (Å²) in [6.45, 7) is 1.85. The van der Waals surface area contributed by atoms with E-state index in [9.17, 15) is 9.18 Å². The highest BCUT2D eigenvalue weighted by Crippen LogP contribution is 2.31. The van der Waals surface area contributed by atoms with Crippen molar-refractivity contribution >= 4 is 5.91 Å². The van der Waals surface area contributed by atoms with Crippen LogP contribution in [0.1, 0.15) is 36.4 Å². The SMILES string of the molecule is CN(CC(=O)N1CCCC[C@H]1c1ccc(F)cc1)Cc1ccncc1. The number of aromatic nitrogens is 1. The van der Waals surface area contributed by atoms with Gasteiger partial charge in [0, 0.05) is 25.5 Å². The molecule has 2 heterocycles. The zero-order valence-corrected chi connectivity index (χ0v) is 14.6. The van der Waals surface area contributed by atoms with Crippen molar-refractivity contribution in [3.63, 3.8) is 0 Å². The molecule has 0 N–H and O–H groups in total. The molecule has 1 aliphatic rings. The van der Waals surface area contributed by atoms with Gasteiger partial charge in [-0.2, -0.15) is 0 Å². The highest BCUT2D eigenvalue weighted by molar-refractivity contribution is 5.79. The maximum Gasteiger partial charge on any atom is 0.237 e. The molecular weight excluding hydrogens is 317 g/mol. The van der Waals surface area contributed by atoms with Gasteiger partial charge in [0.25, 0.3) is 0 Å². The molecule has 1 aromatic carbocycles. The molecule has 0 bridgehead atoms. The number of amides is 1. The van der Waals surface area contributed by atoms with Gasteiger partial charge in [0.15, 0.2) is 0 Å². The van der Waals surface area contributed by atoms with Crippen molar-refractivity contribution in [2.24, 2.45) is 0 Å². The fourth-order valence-corrected chi connectivity index (χ4v) is 3.44. The van der Waals surface area contributed by atoms with Gasteiger partial charge in [0.05, 0.1) is 12.6 Å². The molecular formula is C20H24FN3O. The first-order valence-electron chi connectivity index (χ1n) is 8.76. The second-order valence-corrected chi connectivity index (χ2v) is 6.68. The van der Waals surface area contributed by atoms with E-state index >= 15 is 0 Å². The number of pyridine rings is 1. The fraction of sp³-hybridized carbons (Fsp3) is 0.400. The van der Waals surface area contributed by atoms with Gasteiger partial charge in [-0.1, -0.05) is 12.1 Å². The third-order valence-corrected chi connectivity index (χ3v) is 4.68. The van der Waals surface area contributed by atoms with Gasteiger partial charge in [-0.25, -0.2) is 4.39 Å². The largest absolute Gasteiger partial charge is 0.335 e. The zero-order chi connectivity index (χ0) is 17.6. The molecule has 1 amide bonds. The minimum absolute atomic E-state index is 0.0520. The Morgan fingerprint density at radius 3 is 2.64 bits per heavy atom. The van der Waals surface area contributed by atoms with Crippen LogP contribution in [-0.4, -0.2) is 40.8 Å². The fourth-order valence-electron chi connectivity index (χ4n) is 3.44. The number of hydrogen-bond acceptors (Lipinski definition) is 3. The topological polar surface area (TPSA) is 36.4 Å². The molecule has 2 aromatic rings. The number of nitrogens with zero attached hydrogens (tertiary/aromatic N) is 3. The molecule has 0 spiro atoms. The molecule has 0 unspecified atom stereocenters. The smallest absolute Gasteiger partial charge is 0.237 e. The Hall–Kier alpha value is -2.27. The molecule has 0 saturated carbocycles. The lowest BCUT2D eigenvalue weighted by atomic mass is 9.95. The van der Waals surface area contributed by atoms with E-state index in [1.807, 2.05) is 29.0 Å². The Morgan fingerprint density at radius 2 is 1.92 bits per heavy atom. The highest BCUT2D eigenvalue weighted by Gasteiger charge is 2.28. The van der Waals surface area contributed by atoms with E-state index in [1.165, 1.54) is 12.1 Å². The lowest BCUT2D eigenvalue weighted by Gasteiger charge is -2.37. The number of piperidine rings is 1. The average molecular weight is 341 g/mol. The first kappa shape index (κ1) is 17.5. The van der Waals surface area contributed by atoms with E-state index in [2.05, 4.69) is 4.98 Å². The van der Waals surface area contributed by atoms with Crippen LogP contribution in [0.3, 0.4) is 0 Å². The van der Waals surface area contributed by atoms with Crippen molar-refractivity contribution in [3.05, 3.63) is 65.7 Å². The van der Waals surface area contributed by atoms with E-state index < -0.39 is 0 Å². The van der Waals surface area contributed by atoms with Crippen molar-refractivity contribution in [2.45, 2.75) is 31.8 Å². The second kappa shape index (κ2) is 8.21. The number of carbonyl (C=O) groups excluding carboxylic acids is 1. The average Bonchev–Trinajstić information content (AvgIpc) is 2.63. The third-order valence-electron chi connectivity index (χ3n) is 4.68. The van der Waals surface area contributed by atoms with Crippen molar-refractivity contribution in [2.75, 3.05) is 20.1 Å². The molecule has 3 rings (SSSR count). The van der Waals surface area contributed by atoms with E-state index in [0.717, 1.165) is 36.9 Å². The van der Waals surface area contributed by atoms with E-state index in [4.69, 9.17) is 0 Å². The summed E-state index contributed by atoms with van der Waals surface area (Å²) in [6, 6.07) is 10.5. The minimum atomic E-state index is -0.241. The van der Waals surface area contributed by atoms with E-state index in [0.29, 0.717) is 13.1 Å². The van der Waals surface area contributed by atoms with Gasteiger partial charge in [-0.3, -0.25) is 14.7 Å². The van der Waals surface area contributed by atoms with Crippen LogP contribution in [0.4, 0.5) is 4.39 Å². The standard InChI is InChI=1S/C20H24FN3O/c1-23(14-16-9-11-22-12-10-16)15-20(25)24-13-3-2-4-19(24)17-5-7-18(21)8-6-17/h5-12,19H,2-4,13-15H2,1H3/t19-/m0/s1. The number of likely N-dealkylation sites (tertiary alicyclic amines) is 1. The number of carbonyl (C=O) groups is 1. The van der Waals surface area contributed by atoms with Crippen LogP contribution in [0.2, 0.25) is 0 Å². The quantitative estimate of drug-likeness (QED) is 0.836. The summed E-state index contributed by atoms with van der Waals surface area (Å²) in [5, 5.41) is 0. The molecule has 1 aromatic heterocycles. The number of benzene rings is 1. The molecule has 1 atom stereocenters. The molecule has 5 heteroatoms. The Labute approximate surface area is 148 Å². The molecule has 1 aliphatic heterocycles. The molecule has 0 radical (unpaired) electrons. The third kappa shape index (κ3) is 4.63. The summed E-state index contributed by atoms with van der Waals surface area (Å²) in [5.41, 5.74) is 2.16. The first-order chi connectivity index (χ1) is 12.1. The number of halogens is 1. The number of likely N-dealkylation sites (N-methyl/N-ethyl adjacent to an activating group) is 1. The van der Waals surface area contributed by atoms with Crippen molar-refractivity contribution in [1.82, 2.24) is 14.8 Å². The molecule has 1 fully saturated rings. The first-order valence-corrected chi connectivity index (χ1v) is 8.76. The minimum Gasteiger partial charge on any atom is -0.335 e. The summed E-state index contributed by atoms with van der Waals surface area (Å²) >= 11 is 0. The van der Waals surface area contributed by atoms with Crippen LogP contribution in [0.5, 0.6) is 0 Å². The monoisotopic (exact) mass is 341 g/mol. The van der Waals surface area contributed by atoms with Gasteiger partial charge >= 0.3 is 0 Å². The Bertz CT molecular complexity index is 690. The number of hydrogen-bond donors (Lipinski definition) is 0. The van der Waals surface area contributed by atoms with Crippen molar-refractivity contribution < 1.29 is 9.18 Å². The second-order valence-electron chi connectivity index (χ2n) is 6.68. The summed E-state index contributed by atoms with van der Waals surface area (Å²) in [6.07, 6.45) is 6.59. The van der Waals surface area contributed by atoms with Crippen LogP contribution < -0.4 is 0 Å². The molecule has 4 nitrogen and oxygen atoms in total. The van der Waals surface area contributed by atoms with E-state index in [-0.39, 0.29) is 17.8 Å².